The van der Waals surface area contributed by atoms with Gasteiger partial charge in [0.15, 0.2) is 0 Å². The summed E-state index contributed by atoms with van der Waals surface area (Å²) in [4.78, 5) is 0. The molecule has 0 aromatic carbocycles. The van der Waals surface area contributed by atoms with E-state index >= 15 is 0 Å². The minimum absolute atomic E-state index is 0.0429. The van der Waals surface area contributed by atoms with Gasteiger partial charge in [0.05, 0.1) is 36.1 Å². The molecule has 2 atom stereocenters. The standard InChI is InChI=1S/C14H18N4S2/c15-5-1-7-19-11-13(9-17)3-4-14(10-18)12-20-8-2-6-16/h13-14H,1-4,7-8,11-12H2. The second-order valence-electron chi connectivity index (χ2n) is 4.20. The maximum atomic E-state index is 9.06. The molecule has 6 heteroatoms. The molecular formula is C14H18N4S2. The van der Waals surface area contributed by atoms with E-state index in [4.69, 9.17) is 21.0 Å². The van der Waals surface area contributed by atoms with Gasteiger partial charge in [-0.25, -0.2) is 0 Å². The summed E-state index contributed by atoms with van der Waals surface area (Å²) in [6.07, 6.45) is 2.48. The third-order valence-corrected chi connectivity index (χ3v) is 4.84. The first-order chi connectivity index (χ1) is 9.78. The van der Waals surface area contributed by atoms with Gasteiger partial charge in [0.25, 0.3) is 0 Å². The molecule has 20 heavy (non-hydrogen) atoms. The lowest BCUT2D eigenvalue weighted by atomic mass is 10.00. The van der Waals surface area contributed by atoms with Crippen LogP contribution in [0.15, 0.2) is 0 Å². The van der Waals surface area contributed by atoms with Crippen LogP contribution in [0.1, 0.15) is 25.7 Å². The van der Waals surface area contributed by atoms with Crippen molar-refractivity contribution in [2.45, 2.75) is 25.7 Å². The zero-order valence-electron chi connectivity index (χ0n) is 11.4. The number of hydrogen-bond acceptors (Lipinski definition) is 6. The number of nitriles is 4. The van der Waals surface area contributed by atoms with Crippen molar-refractivity contribution in [3.05, 3.63) is 0 Å². The van der Waals surface area contributed by atoms with E-state index in [1.165, 1.54) is 0 Å². The highest BCUT2D eigenvalue weighted by molar-refractivity contribution is 7.99. The van der Waals surface area contributed by atoms with E-state index in [9.17, 15) is 0 Å². The van der Waals surface area contributed by atoms with Crippen LogP contribution in [-0.4, -0.2) is 23.0 Å². The van der Waals surface area contributed by atoms with E-state index in [1.54, 1.807) is 23.5 Å². The molecule has 0 radical (unpaired) electrons. The molecule has 0 heterocycles. The van der Waals surface area contributed by atoms with Crippen LogP contribution in [0.4, 0.5) is 0 Å². The molecule has 4 nitrogen and oxygen atoms in total. The Morgan fingerprint density at radius 2 is 1.10 bits per heavy atom. The second kappa shape index (κ2) is 14.1. The van der Waals surface area contributed by atoms with Crippen LogP contribution < -0.4 is 0 Å². The highest BCUT2D eigenvalue weighted by atomic mass is 32.2. The summed E-state index contributed by atoms with van der Waals surface area (Å²) in [6.45, 7) is 0. The Labute approximate surface area is 129 Å². The third kappa shape index (κ3) is 10.6. The van der Waals surface area contributed by atoms with Crippen molar-refractivity contribution in [2.75, 3.05) is 23.0 Å². The Morgan fingerprint density at radius 3 is 1.40 bits per heavy atom. The van der Waals surface area contributed by atoms with Crippen LogP contribution in [0.3, 0.4) is 0 Å². The highest BCUT2D eigenvalue weighted by Crippen LogP contribution is 2.20. The predicted molar refractivity (Wildman–Crippen MR) is 82.6 cm³/mol. The number of thioether (sulfide) groups is 2. The van der Waals surface area contributed by atoms with Gasteiger partial charge in [-0.3, -0.25) is 0 Å². The number of nitrogens with zero attached hydrogens (tertiary/aromatic N) is 4. The van der Waals surface area contributed by atoms with Crippen molar-refractivity contribution < 1.29 is 0 Å². The SMILES string of the molecule is N#CCCSCC(C#N)CCC(C#N)CSCCC#N. The molecule has 0 bridgehead atoms. The molecule has 0 N–H and O–H groups in total. The van der Waals surface area contributed by atoms with Gasteiger partial charge in [0.1, 0.15) is 0 Å². The summed E-state index contributed by atoms with van der Waals surface area (Å²) in [5.74, 6) is 2.91. The van der Waals surface area contributed by atoms with Gasteiger partial charge in [0, 0.05) is 35.9 Å². The van der Waals surface area contributed by atoms with Gasteiger partial charge in [-0.1, -0.05) is 0 Å². The van der Waals surface area contributed by atoms with E-state index < -0.39 is 0 Å². The Hall–Kier alpha value is -1.34. The van der Waals surface area contributed by atoms with Crippen LogP contribution in [0, 0.1) is 57.2 Å². The molecule has 2 unspecified atom stereocenters. The molecule has 0 aromatic heterocycles. The predicted octanol–water partition coefficient (Wildman–Crippen LogP) is 3.34. The quantitative estimate of drug-likeness (QED) is 0.543. The molecule has 0 saturated carbocycles. The normalized spacial score (nSPS) is 12.4. The van der Waals surface area contributed by atoms with Gasteiger partial charge in [-0.05, 0) is 12.8 Å². The molecule has 106 valence electrons. The average Bonchev–Trinajstić information content (AvgIpc) is 2.48. The van der Waals surface area contributed by atoms with Crippen LogP contribution >= 0.6 is 23.5 Å². The summed E-state index contributed by atoms with van der Waals surface area (Å²) < 4.78 is 0. The zero-order chi connectivity index (χ0) is 15.1. The van der Waals surface area contributed by atoms with Crippen LogP contribution in [-0.2, 0) is 0 Å². The summed E-state index contributed by atoms with van der Waals surface area (Å²) in [7, 11) is 0. The maximum absolute atomic E-state index is 9.06. The molecule has 0 aromatic rings. The smallest absolute Gasteiger partial charge is 0.0664 e. The van der Waals surface area contributed by atoms with Crippen LogP contribution in [0.25, 0.3) is 0 Å². The fourth-order valence-corrected chi connectivity index (χ4v) is 3.32. The molecule has 0 aliphatic heterocycles. The summed E-state index contributed by atoms with van der Waals surface area (Å²) >= 11 is 3.25. The monoisotopic (exact) mass is 306 g/mol. The lowest BCUT2D eigenvalue weighted by Crippen LogP contribution is -2.08. The lowest BCUT2D eigenvalue weighted by molar-refractivity contribution is 0.558. The fourth-order valence-electron chi connectivity index (χ4n) is 1.46. The van der Waals surface area contributed by atoms with Crippen molar-refractivity contribution in [1.82, 2.24) is 0 Å². The van der Waals surface area contributed by atoms with Gasteiger partial charge in [-0.2, -0.15) is 44.6 Å². The van der Waals surface area contributed by atoms with Crippen molar-refractivity contribution in [3.63, 3.8) is 0 Å². The van der Waals surface area contributed by atoms with E-state index in [2.05, 4.69) is 24.3 Å². The molecule has 0 amide bonds. The van der Waals surface area contributed by atoms with E-state index in [-0.39, 0.29) is 11.8 Å². The molecule has 0 spiro atoms. The summed E-state index contributed by atoms with van der Waals surface area (Å²) in [5, 5.41) is 35.0. The fraction of sp³-hybridized carbons (Fsp3) is 0.714. The van der Waals surface area contributed by atoms with Gasteiger partial charge >= 0.3 is 0 Å². The van der Waals surface area contributed by atoms with Crippen molar-refractivity contribution >= 4 is 23.5 Å². The van der Waals surface area contributed by atoms with Crippen LogP contribution in [0.5, 0.6) is 0 Å². The molecular weight excluding hydrogens is 288 g/mol. The molecule has 0 aliphatic rings. The zero-order valence-corrected chi connectivity index (χ0v) is 13.0. The third-order valence-electron chi connectivity index (χ3n) is 2.58. The van der Waals surface area contributed by atoms with Crippen molar-refractivity contribution in [3.8, 4) is 24.3 Å². The Bertz CT molecular complexity index is 371. The Morgan fingerprint density at radius 1 is 0.700 bits per heavy atom. The molecule has 0 saturated heterocycles. The van der Waals surface area contributed by atoms with Gasteiger partial charge in [0.2, 0.25) is 0 Å². The lowest BCUT2D eigenvalue weighted by Gasteiger charge is -2.11. The average molecular weight is 306 g/mol. The van der Waals surface area contributed by atoms with Gasteiger partial charge < -0.3 is 0 Å². The topological polar surface area (TPSA) is 95.2 Å². The summed E-state index contributed by atoms with van der Waals surface area (Å²) in [5.41, 5.74) is 0. The van der Waals surface area contributed by atoms with Crippen molar-refractivity contribution in [2.24, 2.45) is 11.8 Å². The minimum atomic E-state index is -0.0429. The van der Waals surface area contributed by atoms with Gasteiger partial charge in [-0.15, -0.1) is 0 Å². The first-order valence-electron chi connectivity index (χ1n) is 6.47. The summed E-state index contributed by atoms with van der Waals surface area (Å²) in [6, 6.07) is 8.70. The van der Waals surface area contributed by atoms with E-state index in [1.807, 2.05) is 0 Å². The van der Waals surface area contributed by atoms with E-state index in [0.717, 1.165) is 35.9 Å². The largest absolute Gasteiger partial charge is 0.198 e. The number of hydrogen-bond donors (Lipinski definition) is 0. The number of rotatable bonds is 11. The van der Waals surface area contributed by atoms with Crippen LogP contribution in [0.2, 0.25) is 0 Å². The second-order valence-corrected chi connectivity index (χ2v) is 6.50. The Kier molecular flexibility index (Phi) is 13.1. The highest BCUT2D eigenvalue weighted by Gasteiger charge is 2.13. The van der Waals surface area contributed by atoms with E-state index in [0.29, 0.717) is 12.8 Å². The minimum Gasteiger partial charge on any atom is -0.198 e. The molecule has 0 aliphatic carbocycles. The first kappa shape index (κ1) is 18.7. The van der Waals surface area contributed by atoms with Crippen molar-refractivity contribution in [1.29, 1.82) is 21.0 Å². The molecule has 0 fully saturated rings. The Balaban J connectivity index is 3.84. The molecule has 0 rings (SSSR count). The maximum Gasteiger partial charge on any atom is 0.0664 e. The first-order valence-corrected chi connectivity index (χ1v) is 8.78.